The van der Waals surface area contributed by atoms with E-state index < -0.39 is 10.6 Å². The molecule has 1 heterocycles. The van der Waals surface area contributed by atoms with E-state index in [1.54, 1.807) is 0 Å². The van der Waals surface area contributed by atoms with E-state index in [2.05, 4.69) is 4.98 Å². The topological polar surface area (TPSA) is 78.0 Å². The summed E-state index contributed by atoms with van der Waals surface area (Å²) in [6.07, 6.45) is 2.80. The van der Waals surface area contributed by atoms with E-state index in [0.717, 1.165) is 0 Å². The van der Waals surface area contributed by atoms with Gasteiger partial charge in [-0.05, 0) is 4.92 Å². The Labute approximate surface area is 75.1 Å². The van der Waals surface area contributed by atoms with E-state index in [0.29, 0.717) is 0 Å². The van der Waals surface area contributed by atoms with Crippen molar-refractivity contribution in [1.82, 2.24) is 9.55 Å². The summed E-state index contributed by atoms with van der Waals surface area (Å²) in [6, 6.07) is 0. The largest absolute Gasteiger partial charge is 0.434 e. The minimum atomic E-state index is -0.610. The van der Waals surface area contributed by atoms with Crippen molar-refractivity contribution in [3.8, 4) is 0 Å². The zero-order chi connectivity index (χ0) is 9.84. The van der Waals surface area contributed by atoms with Gasteiger partial charge in [-0.3, -0.25) is 0 Å². The van der Waals surface area contributed by atoms with Crippen LogP contribution in [0.1, 0.15) is 6.42 Å². The molecule has 13 heavy (non-hydrogen) atoms. The number of aryl methyl sites for hydroxylation is 1. The normalized spacial score (nSPS) is 9.85. The predicted molar refractivity (Wildman–Crippen MR) is 44.3 cm³/mol. The standard InChI is InChI=1S/C6H6BN3O3/c7-5(11)1-3-9-4-2-8-6(9)10(12)13/h2,4H,1,3H2. The Morgan fingerprint density at radius 3 is 3.00 bits per heavy atom. The first-order valence-corrected chi connectivity index (χ1v) is 3.55. The lowest BCUT2D eigenvalue weighted by Crippen LogP contribution is -2.07. The minimum absolute atomic E-state index is 0.0667. The van der Waals surface area contributed by atoms with Gasteiger partial charge >= 0.3 is 5.95 Å². The first-order valence-electron chi connectivity index (χ1n) is 3.55. The number of imidazole rings is 1. The zero-order valence-electron chi connectivity index (χ0n) is 6.71. The van der Waals surface area contributed by atoms with Gasteiger partial charge in [-0.15, -0.1) is 0 Å². The summed E-state index contributed by atoms with van der Waals surface area (Å²) in [7, 11) is 4.89. The summed E-state index contributed by atoms with van der Waals surface area (Å²) >= 11 is 0. The van der Waals surface area contributed by atoms with Gasteiger partial charge in [0.2, 0.25) is 0 Å². The Balaban J connectivity index is 2.71. The van der Waals surface area contributed by atoms with Gasteiger partial charge in [0.15, 0.2) is 7.85 Å². The first kappa shape index (κ1) is 9.43. The predicted octanol–water partition coefficient (Wildman–Crippen LogP) is -0.124. The molecule has 7 heteroatoms. The molecule has 0 spiro atoms. The highest BCUT2D eigenvalue weighted by atomic mass is 16.6. The van der Waals surface area contributed by atoms with Gasteiger partial charge in [-0.1, -0.05) is 4.98 Å². The fourth-order valence-electron chi connectivity index (χ4n) is 0.878. The van der Waals surface area contributed by atoms with Gasteiger partial charge in [0.05, 0.1) is 12.2 Å². The van der Waals surface area contributed by atoms with Crippen LogP contribution in [0.25, 0.3) is 0 Å². The van der Waals surface area contributed by atoms with Crippen LogP contribution in [0.2, 0.25) is 0 Å². The molecule has 0 aliphatic carbocycles. The molecule has 0 aromatic carbocycles. The quantitative estimate of drug-likeness (QED) is 0.366. The second-order valence-electron chi connectivity index (χ2n) is 2.39. The lowest BCUT2D eigenvalue weighted by atomic mass is 10.00. The second-order valence-corrected chi connectivity index (χ2v) is 2.39. The molecule has 0 saturated heterocycles. The van der Waals surface area contributed by atoms with Crippen molar-refractivity contribution < 1.29 is 9.72 Å². The number of carbonyl (C=O) groups excluding carboxylic acids is 1. The molecule has 1 rings (SSSR count). The average molecular weight is 179 g/mol. The van der Waals surface area contributed by atoms with Crippen LogP contribution in [-0.4, -0.2) is 28.0 Å². The third-order valence-corrected chi connectivity index (χ3v) is 1.46. The van der Waals surface area contributed by atoms with Crippen molar-refractivity contribution in [3.63, 3.8) is 0 Å². The van der Waals surface area contributed by atoms with Gasteiger partial charge in [-0.25, -0.2) is 4.57 Å². The maximum atomic E-state index is 10.4. The number of nitro groups is 1. The Hall–Kier alpha value is -1.66. The number of carbonyl (C=O) groups is 1. The fourth-order valence-corrected chi connectivity index (χ4v) is 0.878. The van der Waals surface area contributed by atoms with E-state index in [1.807, 2.05) is 0 Å². The summed E-state index contributed by atoms with van der Waals surface area (Å²) in [6.45, 7) is 0.186. The van der Waals surface area contributed by atoms with Crippen LogP contribution in [0.4, 0.5) is 5.95 Å². The summed E-state index contributed by atoms with van der Waals surface area (Å²) in [4.78, 5) is 23.6. The molecule has 2 radical (unpaired) electrons. The molecule has 0 bridgehead atoms. The van der Waals surface area contributed by atoms with Gasteiger partial charge in [0.1, 0.15) is 12.4 Å². The number of hydrogen-bond acceptors (Lipinski definition) is 4. The van der Waals surface area contributed by atoms with Crippen LogP contribution in [-0.2, 0) is 11.3 Å². The molecular formula is C6H6BN3O3. The maximum Gasteiger partial charge on any atom is 0.434 e. The van der Waals surface area contributed by atoms with Crippen LogP contribution in [0.15, 0.2) is 12.4 Å². The van der Waals surface area contributed by atoms with Gasteiger partial charge in [0, 0.05) is 6.42 Å². The van der Waals surface area contributed by atoms with Crippen molar-refractivity contribution in [2.45, 2.75) is 13.0 Å². The summed E-state index contributed by atoms with van der Waals surface area (Å²) in [5.74, 6) is -0.277. The van der Waals surface area contributed by atoms with E-state index in [-0.39, 0.29) is 18.9 Å². The van der Waals surface area contributed by atoms with E-state index in [1.165, 1.54) is 17.0 Å². The maximum absolute atomic E-state index is 10.4. The zero-order valence-corrected chi connectivity index (χ0v) is 6.71. The van der Waals surface area contributed by atoms with Crippen LogP contribution >= 0.6 is 0 Å². The molecule has 6 nitrogen and oxygen atoms in total. The highest BCUT2D eigenvalue weighted by Crippen LogP contribution is 2.07. The number of rotatable bonds is 4. The minimum Gasteiger partial charge on any atom is -0.390 e. The molecule has 0 fully saturated rings. The Kier molecular flexibility index (Phi) is 2.78. The van der Waals surface area contributed by atoms with E-state index in [9.17, 15) is 14.9 Å². The number of hydrogen-bond donors (Lipinski definition) is 0. The highest BCUT2D eigenvalue weighted by molar-refractivity contribution is 6.57. The molecule has 0 aliphatic heterocycles. The number of aromatic nitrogens is 2. The molecule has 66 valence electrons. The van der Waals surface area contributed by atoms with Crippen molar-refractivity contribution >= 4 is 19.5 Å². The van der Waals surface area contributed by atoms with Crippen molar-refractivity contribution in [2.75, 3.05) is 0 Å². The summed E-state index contributed by atoms with van der Waals surface area (Å²) in [5.41, 5.74) is -0.497. The van der Waals surface area contributed by atoms with Crippen molar-refractivity contribution in [1.29, 1.82) is 0 Å². The van der Waals surface area contributed by atoms with Gasteiger partial charge < -0.3 is 14.9 Å². The molecular weight excluding hydrogens is 173 g/mol. The van der Waals surface area contributed by atoms with Gasteiger partial charge in [-0.2, -0.15) is 0 Å². The van der Waals surface area contributed by atoms with Crippen LogP contribution in [0.5, 0.6) is 0 Å². The van der Waals surface area contributed by atoms with Crippen LogP contribution in [0, 0.1) is 10.1 Å². The molecule has 1 aromatic rings. The Bertz CT molecular complexity index is 336. The molecule has 0 amide bonds. The van der Waals surface area contributed by atoms with Crippen LogP contribution < -0.4 is 0 Å². The molecule has 0 atom stereocenters. The Morgan fingerprint density at radius 1 is 1.77 bits per heavy atom. The molecule has 0 unspecified atom stereocenters. The second kappa shape index (κ2) is 3.84. The van der Waals surface area contributed by atoms with Crippen LogP contribution in [0.3, 0.4) is 0 Å². The van der Waals surface area contributed by atoms with Crippen molar-refractivity contribution in [3.05, 3.63) is 22.5 Å². The SMILES string of the molecule is [B]C(=O)CCn1ccnc1[N+](=O)[O-]. The summed E-state index contributed by atoms with van der Waals surface area (Å²) < 4.78 is 1.27. The lowest BCUT2D eigenvalue weighted by molar-refractivity contribution is -0.396. The van der Waals surface area contributed by atoms with Gasteiger partial charge in [0.25, 0.3) is 0 Å². The number of nitrogens with zero attached hydrogens (tertiary/aromatic N) is 3. The Morgan fingerprint density at radius 2 is 2.46 bits per heavy atom. The molecule has 1 aromatic heterocycles. The van der Waals surface area contributed by atoms with E-state index >= 15 is 0 Å². The monoisotopic (exact) mass is 179 g/mol. The van der Waals surface area contributed by atoms with E-state index in [4.69, 9.17) is 7.85 Å². The molecule has 0 aliphatic rings. The molecule has 0 N–H and O–H groups in total. The smallest absolute Gasteiger partial charge is 0.390 e. The third kappa shape index (κ3) is 2.39. The molecule has 0 saturated carbocycles. The summed E-state index contributed by atoms with van der Waals surface area (Å²) in [5, 5.41) is 10.3. The highest BCUT2D eigenvalue weighted by Gasteiger charge is 2.13. The lowest BCUT2D eigenvalue weighted by Gasteiger charge is -1.98. The third-order valence-electron chi connectivity index (χ3n) is 1.46. The fraction of sp³-hybridized carbons (Fsp3) is 0.333. The first-order chi connectivity index (χ1) is 6.11. The average Bonchev–Trinajstić information content (AvgIpc) is 2.47. The van der Waals surface area contributed by atoms with Crippen molar-refractivity contribution in [2.24, 2.45) is 0 Å².